The van der Waals surface area contributed by atoms with Crippen molar-refractivity contribution in [2.24, 2.45) is 10.2 Å². The summed E-state index contributed by atoms with van der Waals surface area (Å²) in [6, 6.07) is 9.19. The quantitative estimate of drug-likeness (QED) is 0.844. The number of benzene rings is 1. The van der Waals surface area contributed by atoms with Crippen molar-refractivity contribution in [1.82, 2.24) is 0 Å². The highest BCUT2D eigenvalue weighted by Gasteiger charge is 2.05. The molecule has 0 fully saturated rings. The molecule has 1 aromatic heterocycles. The van der Waals surface area contributed by atoms with E-state index in [1.54, 1.807) is 31.4 Å². The van der Waals surface area contributed by atoms with Crippen molar-refractivity contribution < 1.29 is 19.1 Å². The molecule has 0 aliphatic carbocycles. The third kappa shape index (κ3) is 2.73. The Kier molecular flexibility index (Phi) is 3.38. The summed E-state index contributed by atoms with van der Waals surface area (Å²) in [6.07, 6.45) is 0. The van der Waals surface area contributed by atoms with Crippen LogP contribution in [0.5, 0.6) is 11.7 Å². The van der Waals surface area contributed by atoms with Gasteiger partial charge in [0.05, 0.1) is 7.11 Å². The first-order chi connectivity index (χ1) is 8.69. The highest BCUT2D eigenvalue weighted by molar-refractivity contribution is 5.94. The molecule has 92 valence electrons. The summed E-state index contributed by atoms with van der Waals surface area (Å²) in [5, 5.41) is 16.0. The molecule has 0 atom stereocenters. The minimum atomic E-state index is -0.506. The zero-order valence-corrected chi connectivity index (χ0v) is 9.53. The Morgan fingerprint density at radius 1 is 1.22 bits per heavy atom. The van der Waals surface area contributed by atoms with Gasteiger partial charge >= 0.3 is 0 Å². The molecule has 2 aromatic rings. The van der Waals surface area contributed by atoms with Crippen LogP contribution >= 0.6 is 0 Å². The Morgan fingerprint density at radius 2 is 1.94 bits per heavy atom. The molecule has 1 heterocycles. The van der Waals surface area contributed by atoms with Crippen molar-refractivity contribution in [3.05, 3.63) is 42.0 Å². The van der Waals surface area contributed by atoms with Crippen molar-refractivity contribution in [3.8, 4) is 11.7 Å². The van der Waals surface area contributed by atoms with Crippen molar-refractivity contribution in [2.75, 3.05) is 7.11 Å². The average molecular weight is 246 g/mol. The van der Waals surface area contributed by atoms with E-state index in [-0.39, 0.29) is 11.8 Å². The number of carbonyl (C=O) groups excluding carboxylic acids is 1. The van der Waals surface area contributed by atoms with Gasteiger partial charge in [0.25, 0.3) is 11.9 Å². The van der Waals surface area contributed by atoms with Crippen molar-refractivity contribution in [1.29, 1.82) is 0 Å². The van der Waals surface area contributed by atoms with E-state index in [0.717, 1.165) is 0 Å². The van der Waals surface area contributed by atoms with Crippen LogP contribution in [0, 0.1) is 0 Å². The maximum Gasteiger partial charge on any atom is 0.295 e. The Hall–Kier alpha value is -2.63. The van der Waals surface area contributed by atoms with Crippen LogP contribution in [0.3, 0.4) is 0 Å². The fraction of sp³-hybridized carbons (Fsp3) is 0.0833. The minimum Gasteiger partial charge on any atom is -0.497 e. The molecule has 0 aliphatic rings. The minimum absolute atomic E-state index is 0.0642. The summed E-state index contributed by atoms with van der Waals surface area (Å²) < 4.78 is 9.70. The summed E-state index contributed by atoms with van der Waals surface area (Å²) in [6.45, 7) is 0. The number of nitrogens with zero attached hydrogens (tertiary/aromatic N) is 2. The molecule has 18 heavy (non-hydrogen) atoms. The van der Waals surface area contributed by atoms with E-state index in [1.807, 2.05) is 0 Å². The molecule has 0 saturated carbocycles. The van der Waals surface area contributed by atoms with Gasteiger partial charge in [-0.3, -0.25) is 4.79 Å². The largest absolute Gasteiger partial charge is 0.497 e. The van der Waals surface area contributed by atoms with E-state index in [9.17, 15) is 4.79 Å². The Labute approximate surface area is 103 Å². The lowest BCUT2D eigenvalue weighted by Gasteiger charge is -1.98. The van der Waals surface area contributed by atoms with Gasteiger partial charge in [0, 0.05) is 17.7 Å². The number of methoxy groups -OCH3 is 1. The van der Waals surface area contributed by atoms with Crippen LogP contribution < -0.4 is 4.74 Å². The fourth-order valence-electron chi connectivity index (χ4n) is 1.26. The van der Waals surface area contributed by atoms with Gasteiger partial charge in [-0.05, 0) is 24.3 Å². The van der Waals surface area contributed by atoms with Crippen LogP contribution in [0.25, 0.3) is 0 Å². The topological polar surface area (TPSA) is 84.4 Å². The lowest BCUT2D eigenvalue weighted by Crippen LogP contribution is -1.93. The number of aromatic hydroxyl groups is 1. The SMILES string of the molecule is COc1ccc(C(=O)N=Nc2ccc(O)o2)cc1. The Morgan fingerprint density at radius 3 is 2.50 bits per heavy atom. The number of hydrogen-bond donors (Lipinski definition) is 1. The van der Waals surface area contributed by atoms with Crippen LogP contribution in [0.1, 0.15) is 10.4 Å². The molecule has 1 N–H and O–H groups in total. The van der Waals surface area contributed by atoms with Crippen LogP contribution in [0.4, 0.5) is 5.88 Å². The fourth-order valence-corrected chi connectivity index (χ4v) is 1.26. The van der Waals surface area contributed by atoms with Gasteiger partial charge in [0.15, 0.2) is 0 Å². The zero-order chi connectivity index (χ0) is 13.0. The molecule has 0 saturated heterocycles. The number of ether oxygens (including phenoxy) is 1. The molecule has 0 radical (unpaired) electrons. The average Bonchev–Trinajstić information content (AvgIpc) is 2.82. The second-order valence-electron chi connectivity index (χ2n) is 3.35. The van der Waals surface area contributed by atoms with E-state index in [1.165, 1.54) is 12.1 Å². The van der Waals surface area contributed by atoms with Crippen LogP contribution in [-0.4, -0.2) is 18.1 Å². The maximum absolute atomic E-state index is 11.6. The molecule has 2 rings (SSSR count). The van der Waals surface area contributed by atoms with Gasteiger partial charge in [-0.2, -0.15) is 0 Å². The molecule has 0 bridgehead atoms. The highest BCUT2D eigenvalue weighted by atomic mass is 16.5. The summed E-state index contributed by atoms with van der Waals surface area (Å²) in [7, 11) is 1.54. The number of rotatable bonds is 3. The smallest absolute Gasteiger partial charge is 0.295 e. The molecule has 6 heteroatoms. The second-order valence-corrected chi connectivity index (χ2v) is 3.35. The van der Waals surface area contributed by atoms with Crippen molar-refractivity contribution >= 4 is 11.8 Å². The lowest BCUT2D eigenvalue weighted by molar-refractivity contribution is 0.0994. The standard InChI is InChI=1S/C12H10N2O4/c1-17-9-4-2-8(3-5-9)12(16)14-13-10-6-7-11(15)18-10/h2-7,15H,1H3. The number of azo groups is 1. The van der Waals surface area contributed by atoms with Crippen LogP contribution in [0.2, 0.25) is 0 Å². The molecule has 6 nitrogen and oxygen atoms in total. The van der Waals surface area contributed by atoms with E-state index in [2.05, 4.69) is 10.2 Å². The Balaban J connectivity index is 2.09. The summed E-state index contributed by atoms with van der Waals surface area (Å²) in [4.78, 5) is 11.6. The van der Waals surface area contributed by atoms with Gasteiger partial charge < -0.3 is 14.3 Å². The third-order valence-electron chi connectivity index (χ3n) is 2.15. The first kappa shape index (κ1) is 11.8. The predicted molar refractivity (Wildman–Crippen MR) is 62.2 cm³/mol. The lowest BCUT2D eigenvalue weighted by atomic mass is 10.2. The van der Waals surface area contributed by atoms with E-state index in [4.69, 9.17) is 14.3 Å². The molecule has 1 aromatic carbocycles. The van der Waals surface area contributed by atoms with Gasteiger partial charge in [-0.1, -0.05) is 0 Å². The molecule has 0 spiro atoms. The first-order valence-electron chi connectivity index (χ1n) is 5.08. The van der Waals surface area contributed by atoms with E-state index in [0.29, 0.717) is 11.3 Å². The number of hydrogen-bond acceptors (Lipinski definition) is 5. The Bertz CT molecular complexity index is 572. The molecular formula is C12H10N2O4. The number of carbonyl (C=O) groups is 1. The van der Waals surface area contributed by atoms with Gasteiger partial charge in [0.2, 0.25) is 5.88 Å². The van der Waals surface area contributed by atoms with Gasteiger partial charge in [0.1, 0.15) is 5.75 Å². The number of furan rings is 1. The van der Waals surface area contributed by atoms with E-state index >= 15 is 0 Å². The van der Waals surface area contributed by atoms with Crippen molar-refractivity contribution in [3.63, 3.8) is 0 Å². The number of amides is 1. The van der Waals surface area contributed by atoms with Gasteiger partial charge in [-0.25, -0.2) is 0 Å². The molecule has 1 amide bonds. The highest BCUT2D eigenvalue weighted by Crippen LogP contribution is 2.21. The maximum atomic E-state index is 11.6. The first-order valence-corrected chi connectivity index (χ1v) is 5.08. The van der Waals surface area contributed by atoms with Crippen molar-refractivity contribution in [2.45, 2.75) is 0 Å². The van der Waals surface area contributed by atoms with Gasteiger partial charge in [-0.15, -0.1) is 10.2 Å². The van der Waals surface area contributed by atoms with E-state index < -0.39 is 5.91 Å². The van der Waals surface area contributed by atoms with Crippen LogP contribution in [0.15, 0.2) is 51.0 Å². The van der Waals surface area contributed by atoms with Crippen LogP contribution in [-0.2, 0) is 0 Å². The molecule has 0 unspecified atom stereocenters. The monoisotopic (exact) mass is 246 g/mol. The summed E-state index contributed by atoms with van der Waals surface area (Å²) >= 11 is 0. The normalized spacial score (nSPS) is 10.7. The zero-order valence-electron chi connectivity index (χ0n) is 9.53. The predicted octanol–water partition coefficient (Wildman–Crippen LogP) is 2.92. The summed E-state index contributed by atoms with van der Waals surface area (Å²) in [5.74, 6) is -0.0665. The second kappa shape index (κ2) is 5.13. The summed E-state index contributed by atoms with van der Waals surface area (Å²) in [5.41, 5.74) is 0.385. The molecule has 0 aliphatic heterocycles. The molecular weight excluding hydrogens is 236 g/mol. The third-order valence-corrected chi connectivity index (χ3v) is 2.15.